The summed E-state index contributed by atoms with van der Waals surface area (Å²) in [6.07, 6.45) is 1.55. The monoisotopic (exact) mass is 381 g/mol. The zero-order valence-electron chi connectivity index (χ0n) is 15.2. The molecule has 0 amide bonds. The van der Waals surface area contributed by atoms with Gasteiger partial charge in [-0.2, -0.15) is 5.10 Å². The number of nitrogens with one attached hydrogen (secondary N) is 1. The summed E-state index contributed by atoms with van der Waals surface area (Å²) < 4.78 is 5.77. The summed E-state index contributed by atoms with van der Waals surface area (Å²) >= 11 is 0. The van der Waals surface area contributed by atoms with Crippen LogP contribution in [0.25, 0.3) is 21.9 Å². The quantitative estimate of drug-likeness (QED) is 0.478. The van der Waals surface area contributed by atoms with Gasteiger partial charge in [0.1, 0.15) is 22.5 Å². The van der Waals surface area contributed by atoms with Crippen molar-refractivity contribution in [2.45, 2.75) is 0 Å². The number of para-hydroxylation sites is 2. The van der Waals surface area contributed by atoms with E-state index in [4.69, 9.17) is 4.74 Å². The molecule has 2 heterocycles. The molecule has 7 heteroatoms. The van der Waals surface area contributed by atoms with Crippen LogP contribution in [0.1, 0.15) is 5.56 Å². The molecule has 0 fully saturated rings. The Morgan fingerprint density at radius 1 is 0.897 bits per heavy atom. The average Bonchev–Trinajstić information content (AvgIpc) is 3.15. The number of rotatable bonds is 4. The lowest BCUT2D eigenvalue weighted by molar-refractivity contribution is 0.482. The van der Waals surface area contributed by atoms with E-state index in [1.165, 1.54) is 0 Å². The van der Waals surface area contributed by atoms with Crippen LogP contribution in [-0.2, 0) is 0 Å². The molecule has 1 N–H and O–H groups in total. The maximum Gasteiger partial charge on any atom is 0.315 e. The first-order valence-corrected chi connectivity index (χ1v) is 9.02. The summed E-state index contributed by atoms with van der Waals surface area (Å²) in [5.74, 6) is 1.48. The molecule has 0 saturated heterocycles. The third-order valence-corrected chi connectivity index (χ3v) is 4.48. The van der Waals surface area contributed by atoms with E-state index in [9.17, 15) is 4.79 Å². The fraction of sp³-hybridized carbons (Fsp3) is 0. The van der Waals surface area contributed by atoms with Crippen molar-refractivity contribution < 1.29 is 4.74 Å². The van der Waals surface area contributed by atoms with Gasteiger partial charge in [-0.05, 0) is 53.2 Å². The van der Waals surface area contributed by atoms with Crippen molar-refractivity contribution in [3.8, 4) is 11.5 Å². The van der Waals surface area contributed by atoms with Crippen LogP contribution in [0.3, 0.4) is 0 Å². The van der Waals surface area contributed by atoms with Gasteiger partial charge in [0.15, 0.2) is 0 Å². The lowest BCUT2D eigenvalue weighted by Crippen LogP contribution is -2.20. The third-order valence-electron chi connectivity index (χ3n) is 4.48. The molecule has 0 atom stereocenters. The molecule has 0 aliphatic carbocycles. The largest absolute Gasteiger partial charge is 0.457 e. The normalized spacial score (nSPS) is 11.4. The number of ether oxygens (including phenoxy) is 1. The number of benzene rings is 3. The van der Waals surface area contributed by atoms with Crippen molar-refractivity contribution >= 4 is 28.2 Å². The van der Waals surface area contributed by atoms with E-state index in [-0.39, 0.29) is 5.56 Å². The van der Waals surface area contributed by atoms with Crippen molar-refractivity contribution in [3.63, 3.8) is 0 Å². The molecule has 3 aromatic carbocycles. The van der Waals surface area contributed by atoms with Crippen molar-refractivity contribution in [2.75, 3.05) is 0 Å². The highest BCUT2D eigenvalue weighted by atomic mass is 16.5. The Morgan fingerprint density at radius 3 is 2.45 bits per heavy atom. The molecule has 0 spiro atoms. The zero-order valence-corrected chi connectivity index (χ0v) is 15.2. The van der Waals surface area contributed by atoms with Crippen molar-refractivity contribution in [3.05, 3.63) is 94.8 Å². The first-order chi connectivity index (χ1) is 14.3. The topological polar surface area (TPSA) is 85.2 Å². The number of aromatic amines is 1. The van der Waals surface area contributed by atoms with E-state index in [1.807, 2.05) is 78.9 Å². The van der Waals surface area contributed by atoms with Gasteiger partial charge in [-0.1, -0.05) is 41.2 Å². The molecule has 7 nitrogen and oxygen atoms in total. The van der Waals surface area contributed by atoms with Gasteiger partial charge >= 0.3 is 5.56 Å². The van der Waals surface area contributed by atoms with Crippen molar-refractivity contribution in [2.24, 2.45) is 5.10 Å². The highest BCUT2D eigenvalue weighted by Crippen LogP contribution is 2.21. The Hall–Kier alpha value is -4.26. The van der Waals surface area contributed by atoms with E-state index in [2.05, 4.69) is 20.4 Å². The van der Waals surface area contributed by atoms with Gasteiger partial charge in [-0.15, -0.1) is 5.10 Å². The number of hydrogen-bond donors (Lipinski definition) is 1. The lowest BCUT2D eigenvalue weighted by atomic mass is 10.2. The molecule has 0 radical (unpaired) electrons. The minimum Gasteiger partial charge on any atom is -0.457 e. The van der Waals surface area contributed by atoms with Gasteiger partial charge in [0, 0.05) is 10.9 Å². The molecule has 5 rings (SSSR count). The highest BCUT2D eigenvalue weighted by molar-refractivity contribution is 6.04. The second-order valence-electron chi connectivity index (χ2n) is 6.41. The maximum absolute atomic E-state index is 12.7. The van der Waals surface area contributed by atoms with Gasteiger partial charge in [0.25, 0.3) is 0 Å². The van der Waals surface area contributed by atoms with Crippen LogP contribution >= 0.6 is 0 Å². The smallest absolute Gasteiger partial charge is 0.315 e. The highest BCUT2D eigenvalue weighted by Gasteiger charge is 2.11. The van der Waals surface area contributed by atoms with E-state index in [0.29, 0.717) is 16.8 Å². The first-order valence-electron chi connectivity index (χ1n) is 9.02. The molecular weight excluding hydrogens is 366 g/mol. The molecule has 0 unspecified atom stereocenters. The van der Waals surface area contributed by atoms with E-state index in [0.717, 1.165) is 27.0 Å². The Kier molecular flexibility index (Phi) is 4.10. The molecule has 0 bridgehead atoms. The second kappa shape index (κ2) is 7.05. The van der Waals surface area contributed by atoms with Crippen LogP contribution in [-0.4, -0.2) is 26.3 Å². The molecule has 0 saturated carbocycles. The number of aromatic nitrogens is 4. The van der Waals surface area contributed by atoms with Gasteiger partial charge < -0.3 is 9.72 Å². The van der Waals surface area contributed by atoms with Crippen LogP contribution in [0.2, 0.25) is 0 Å². The summed E-state index contributed by atoms with van der Waals surface area (Å²) in [6, 6.07) is 24.5. The van der Waals surface area contributed by atoms with Crippen molar-refractivity contribution in [1.82, 2.24) is 20.1 Å². The van der Waals surface area contributed by atoms with E-state index in [1.54, 1.807) is 6.21 Å². The van der Waals surface area contributed by atoms with E-state index >= 15 is 0 Å². The molecule has 140 valence electrons. The summed E-state index contributed by atoms with van der Waals surface area (Å²) in [6.45, 7) is 0. The third kappa shape index (κ3) is 3.25. The van der Waals surface area contributed by atoms with Gasteiger partial charge in [-0.3, -0.25) is 4.79 Å². The minimum atomic E-state index is -0.355. The molecule has 2 aromatic heterocycles. The first kappa shape index (κ1) is 16.9. The predicted octanol–water partition coefficient (Wildman–Crippen LogP) is 3.95. The molecule has 29 heavy (non-hydrogen) atoms. The number of nitrogens with zero attached hydrogens (tertiary/aromatic N) is 4. The molecule has 0 aliphatic rings. The number of fused-ring (bicyclic) bond motifs is 3. The molecular formula is C22H15N5O2. The summed E-state index contributed by atoms with van der Waals surface area (Å²) in [7, 11) is 0. The molecule has 0 aliphatic heterocycles. The van der Waals surface area contributed by atoms with Crippen LogP contribution < -0.4 is 10.3 Å². The molecule has 5 aromatic rings. The van der Waals surface area contributed by atoms with Gasteiger partial charge in [0.2, 0.25) is 0 Å². The zero-order chi connectivity index (χ0) is 19.6. The van der Waals surface area contributed by atoms with Crippen LogP contribution in [0.15, 0.2) is 88.8 Å². The second-order valence-corrected chi connectivity index (χ2v) is 6.41. The lowest BCUT2D eigenvalue weighted by Gasteiger charge is -2.05. The minimum absolute atomic E-state index is 0.355. The number of hydrogen-bond acceptors (Lipinski definition) is 5. The predicted molar refractivity (Wildman–Crippen MR) is 112 cm³/mol. The Labute approximate surface area is 164 Å². The summed E-state index contributed by atoms with van der Waals surface area (Å²) in [4.78, 5) is 16.7. The van der Waals surface area contributed by atoms with Crippen molar-refractivity contribution in [1.29, 1.82) is 0 Å². The average molecular weight is 381 g/mol. The standard InChI is InChI=1S/C22H15N5O2/c28-22-21-20(18-8-4-5-9-19(18)24-21)25-26-27(22)23-14-15-10-12-17(13-11-15)29-16-6-2-1-3-7-16/h1-14,24H/b23-14+. The fourth-order valence-electron chi connectivity index (χ4n) is 3.06. The van der Waals surface area contributed by atoms with Gasteiger partial charge in [0.05, 0.1) is 6.21 Å². The van der Waals surface area contributed by atoms with Gasteiger partial charge in [-0.25, -0.2) is 0 Å². The fourth-order valence-corrected chi connectivity index (χ4v) is 3.06. The van der Waals surface area contributed by atoms with Crippen LogP contribution in [0.4, 0.5) is 0 Å². The van der Waals surface area contributed by atoms with E-state index < -0.39 is 0 Å². The van der Waals surface area contributed by atoms with Crippen LogP contribution in [0, 0.1) is 0 Å². The summed E-state index contributed by atoms with van der Waals surface area (Å²) in [5, 5.41) is 13.1. The number of H-pyrrole nitrogens is 1. The Balaban J connectivity index is 1.41. The van der Waals surface area contributed by atoms with Crippen LogP contribution in [0.5, 0.6) is 11.5 Å². The maximum atomic E-state index is 12.7. The SMILES string of the molecule is O=c1c2[nH]c3ccccc3c2nnn1/N=C/c1ccc(Oc2ccccc2)cc1. The summed E-state index contributed by atoms with van der Waals surface area (Å²) in [5.41, 5.74) is 2.20. The Bertz CT molecular complexity index is 1390. The Morgan fingerprint density at radius 2 is 1.62 bits per heavy atom.